The van der Waals surface area contributed by atoms with Crippen molar-refractivity contribution in [1.29, 1.82) is 0 Å². The van der Waals surface area contributed by atoms with Gasteiger partial charge in [0, 0.05) is 25.5 Å². The first-order valence-electron chi connectivity index (χ1n) is 6.89. The summed E-state index contributed by atoms with van der Waals surface area (Å²) in [5, 5.41) is 8.96. The smallest absolute Gasteiger partial charge is 0.323 e. The van der Waals surface area contributed by atoms with E-state index >= 15 is 0 Å². The molecule has 0 radical (unpaired) electrons. The van der Waals surface area contributed by atoms with Gasteiger partial charge in [-0.15, -0.1) is 0 Å². The van der Waals surface area contributed by atoms with Crippen LogP contribution in [0.15, 0.2) is 17.0 Å². The van der Waals surface area contributed by atoms with E-state index in [0.717, 1.165) is 11.2 Å². The number of carboxylic acid groups (broad SMARTS) is 1. The summed E-state index contributed by atoms with van der Waals surface area (Å²) in [6.07, 6.45) is 1.06. The van der Waals surface area contributed by atoms with Crippen molar-refractivity contribution in [3.63, 3.8) is 0 Å². The van der Waals surface area contributed by atoms with Crippen molar-refractivity contribution in [3.8, 4) is 0 Å². The van der Waals surface area contributed by atoms with Gasteiger partial charge in [-0.2, -0.15) is 0 Å². The lowest BCUT2D eigenvalue weighted by Gasteiger charge is -2.22. The van der Waals surface area contributed by atoms with Crippen molar-refractivity contribution in [2.24, 2.45) is 0 Å². The topological polar surface area (TPSA) is 101 Å². The fraction of sp³-hybridized carbons (Fsp3) is 0.467. The third kappa shape index (κ3) is 5.04. The third-order valence-electron chi connectivity index (χ3n) is 3.48. The summed E-state index contributed by atoms with van der Waals surface area (Å²) in [5.41, 5.74) is 1.45. The molecule has 23 heavy (non-hydrogen) atoms. The van der Waals surface area contributed by atoms with E-state index in [2.05, 4.69) is 0 Å². The van der Waals surface area contributed by atoms with Crippen LogP contribution in [-0.2, 0) is 19.4 Å². The number of aryl methyl sites for hydroxylation is 1. The van der Waals surface area contributed by atoms with Crippen molar-refractivity contribution in [3.05, 3.63) is 28.8 Å². The third-order valence-corrected chi connectivity index (χ3v) is 4.57. The van der Waals surface area contributed by atoms with Gasteiger partial charge in [0.05, 0.1) is 11.5 Å². The molecule has 0 aliphatic heterocycles. The molecule has 1 aromatic carbocycles. The van der Waals surface area contributed by atoms with Crippen LogP contribution in [0.25, 0.3) is 0 Å². The minimum atomic E-state index is -3.48. The van der Waals surface area contributed by atoms with Crippen molar-refractivity contribution < 1.29 is 27.9 Å². The molecule has 0 unspecified atom stereocenters. The van der Waals surface area contributed by atoms with Gasteiger partial charge < -0.3 is 14.7 Å². The van der Waals surface area contributed by atoms with Crippen LogP contribution in [0.3, 0.4) is 0 Å². The number of ether oxygens (including phenoxy) is 1. The van der Waals surface area contributed by atoms with E-state index in [1.54, 1.807) is 13.8 Å². The Kier molecular flexibility index (Phi) is 6.28. The SMILES string of the molecule is COCCN(CC(=O)O)C(=O)c1cc(S(C)(=O)=O)cc(C)c1C. The standard InChI is InChI=1S/C15H21NO6S/c1-10-7-12(23(4,20)21)8-13(11(10)2)15(19)16(5-6-22-3)9-14(17)18/h7-8H,5-6,9H2,1-4H3,(H,17,18). The highest BCUT2D eigenvalue weighted by atomic mass is 32.2. The van der Waals surface area contributed by atoms with Gasteiger partial charge in [-0.1, -0.05) is 0 Å². The molecule has 0 aromatic heterocycles. The van der Waals surface area contributed by atoms with Gasteiger partial charge in [0.15, 0.2) is 9.84 Å². The molecule has 1 aromatic rings. The number of amides is 1. The van der Waals surface area contributed by atoms with Crippen LogP contribution in [0.5, 0.6) is 0 Å². The Labute approximate surface area is 135 Å². The number of carbonyl (C=O) groups excluding carboxylic acids is 1. The Bertz CT molecular complexity index is 711. The average molecular weight is 343 g/mol. The lowest BCUT2D eigenvalue weighted by molar-refractivity contribution is -0.137. The van der Waals surface area contributed by atoms with Gasteiger partial charge in [0.1, 0.15) is 6.54 Å². The van der Waals surface area contributed by atoms with Crippen molar-refractivity contribution in [1.82, 2.24) is 4.90 Å². The second-order valence-electron chi connectivity index (χ2n) is 5.30. The molecule has 0 bridgehead atoms. The van der Waals surface area contributed by atoms with Gasteiger partial charge in [-0.25, -0.2) is 8.42 Å². The molecule has 0 aliphatic carbocycles. The van der Waals surface area contributed by atoms with E-state index in [9.17, 15) is 18.0 Å². The predicted molar refractivity (Wildman–Crippen MR) is 84.4 cm³/mol. The molecular formula is C15H21NO6S. The van der Waals surface area contributed by atoms with Gasteiger partial charge in [0.2, 0.25) is 0 Å². The zero-order chi connectivity index (χ0) is 17.8. The summed E-state index contributed by atoms with van der Waals surface area (Å²) in [6.45, 7) is 3.21. The Balaban J connectivity index is 3.32. The summed E-state index contributed by atoms with van der Waals surface area (Å²) < 4.78 is 28.4. The van der Waals surface area contributed by atoms with E-state index in [-0.39, 0.29) is 23.6 Å². The second-order valence-corrected chi connectivity index (χ2v) is 7.31. The minimum Gasteiger partial charge on any atom is -0.480 e. The molecule has 0 heterocycles. The Morgan fingerprint density at radius 3 is 2.35 bits per heavy atom. The molecule has 1 amide bonds. The molecule has 128 valence electrons. The highest BCUT2D eigenvalue weighted by Gasteiger charge is 2.22. The van der Waals surface area contributed by atoms with Gasteiger partial charge in [0.25, 0.3) is 5.91 Å². The summed E-state index contributed by atoms with van der Waals surface area (Å²) in [7, 11) is -2.03. The van der Waals surface area contributed by atoms with Crippen molar-refractivity contribution >= 4 is 21.7 Å². The summed E-state index contributed by atoms with van der Waals surface area (Å²) in [5.74, 6) is -1.68. The molecule has 1 rings (SSSR count). The fourth-order valence-electron chi connectivity index (χ4n) is 2.05. The molecule has 8 heteroatoms. The number of hydrogen-bond acceptors (Lipinski definition) is 5. The highest BCUT2D eigenvalue weighted by Crippen LogP contribution is 2.21. The Hall–Kier alpha value is -1.93. The second kappa shape index (κ2) is 7.56. The number of carboxylic acids is 1. The molecule has 0 saturated heterocycles. The Morgan fingerprint density at radius 2 is 1.87 bits per heavy atom. The van der Waals surface area contributed by atoms with Crippen LogP contribution in [0.4, 0.5) is 0 Å². The summed E-state index contributed by atoms with van der Waals surface area (Å²) in [4.78, 5) is 24.8. The maximum Gasteiger partial charge on any atom is 0.323 e. The maximum absolute atomic E-state index is 12.7. The number of rotatable bonds is 7. The zero-order valence-electron chi connectivity index (χ0n) is 13.6. The zero-order valence-corrected chi connectivity index (χ0v) is 14.4. The predicted octanol–water partition coefficient (Wildman–Crippen LogP) is 0.880. The molecular weight excluding hydrogens is 322 g/mol. The molecule has 0 atom stereocenters. The molecule has 0 saturated carbocycles. The average Bonchev–Trinajstić information content (AvgIpc) is 2.43. The number of aliphatic carboxylic acids is 1. The summed E-state index contributed by atoms with van der Waals surface area (Å²) >= 11 is 0. The van der Waals surface area contributed by atoms with Gasteiger partial charge in [-0.3, -0.25) is 9.59 Å². The van der Waals surface area contributed by atoms with Crippen molar-refractivity contribution in [2.75, 3.05) is 33.1 Å². The normalized spacial score (nSPS) is 11.3. The molecule has 0 fully saturated rings. The number of benzene rings is 1. The molecule has 0 spiro atoms. The van der Waals surface area contributed by atoms with Gasteiger partial charge in [-0.05, 0) is 37.1 Å². The van der Waals surface area contributed by atoms with Crippen LogP contribution >= 0.6 is 0 Å². The lowest BCUT2D eigenvalue weighted by atomic mass is 10.0. The molecule has 7 nitrogen and oxygen atoms in total. The number of hydrogen-bond donors (Lipinski definition) is 1. The van der Waals surface area contributed by atoms with Crippen LogP contribution < -0.4 is 0 Å². The monoisotopic (exact) mass is 343 g/mol. The van der Waals surface area contributed by atoms with E-state index in [4.69, 9.17) is 9.84 Å². The Morgan fingerprint density at radius 1 is 1.26 bits per heavy atom. The number of carbonyl (C=O) groups is 2. The first kappa shape index (κ1) is 19.1. The fourth-order valence-corrected chi connectivity index (χ4v) is 2.77. The van der Waals surface area contributed by atoms with Gasteiger partial charge >= 0.3 is 5.97 Å². The van der Waals surface area contributed by atoms with E-state index in [1.807, 2.05) is 0 Å². The minimum absolute atomic E-state index is 0.0333. The van der Waals surface area contributed by atoms with E-state index < -0.39 is 28.3 Å². The summed E-state index contributed by atoms with van der Waals surface area (Å²) in [6, 6.07) is 2.79. The maximum atomic E-state index is 12.7. The largest absolute Gasteiger partial charge is 0.480 e. The van der Waals surface area contributed by atoms with Crippen LogP contribution in [-0.4, -0.2) is 63.4 Å². The van der Waals surface area contributed by atoms with Crippen LogP contribution in [0.2, 0.25) is 0 Å². The molecule has 1 N–H and O–H groups in total. The quantitative estimate of drug-likeness (QED) is 0.789. The number of sulfone groups is 1. The first-order valence-corrected chi connectivity index (χ1v) is 8.78. The van der Waals surface area contributed by atoms with Crippen LogP contribution in [0.1, 0.15) is 21.5 Å². The van der Waals surface area contributed by atoms with Crippen LogP contribution in [0, 0.1) is 13.8 Å². The van der Waals surface area contributed by atoms with Crippen molar-refractivity contribution in [2.45, 2.75) is 18.7 Å². The molecule has 0 aliphatic rings. The lowest BCUT2D eigenvalue weighted by Crippen LogP contribution is -2.38. The highest BCUT2D eigenvalue weighted by molar-refractivity contribution is 7.90. The first-order chi connectivity index (χ1) is 10.6. The number of nitrogens with zero attached hydrogens (tertiary/aromatic N) is 1. The van der Waals surface area contributed by atoms with E-state index in [1.165, 1.54) is 19.2 Å². The van der Waals surface area contributed by atoms with E-state index in [0.29, 0.717) is 11.1 Å². The number of methoxy groups -OCH3 is 1.